The Kier molecular flexibility index (Phi) is 2.37. The minimum Gasteiger partial charge on any atom is -0.325 e. The van der Waals surface area contributed by atoms with Crippen LogP contribution in [-0.2, 0) is 0 Å². The van der Waals surface area contributed by atoms with Gasteiger partial charge in [-0.3, -0.25) is 0 Å². The van der Waals surface area contributed by atoms with E-state index in [2.05, 4.69) is 4.90 Å². The molecule has 0 aromatic heterocycles. The third kappa shape index (κ3) is 2.20. The van der Waals surface area contributed by atoms with Gasteiger partial charge in [-0.1, -0.05) is 6.42 Å². The van der Waals surface area contributed by atoms with Crippen LogP contribution in [0.1, 0.15) is 38.5 Å². The van der Waals surface area contributed by atoms with E-state index in [1.807, 2.05) is 0 Å². The highest BCUT2D eigenvalue weighted by Crippen LogP contribution is 2.35. The first kappa shape index (κ1) is 8.52. The van der Waals surface area contributed by atoms with Gasteiger partial charge >= 0.3 is 0 Å². The molecule has 2 nitrogen and oxygen atoms in total. The number of nitrogens with zero attached hydrogens (tertiary/aromatic N) is 1. The summed E-state index contributed by atoms with van der Waals surface area (Å²) in [5, 5.41) is 0. The maximum Gasteiger partial charge on any atom is 0.0167 e. The van der Waals surface area contributed by atoms with Gasteiger partial charge in [0.1, 0.15) is 0 Å². The molecule has 2 heteroatoms. The summed E-state index contributed by atoms with van der Waals surface area (Å²) >= 11 is 0. The Morgan fingerprint density at radius 3 is 2.33 bits per heavy atom. The number of piperidine rings is 1. The van der Waals surface area contributed by atoms with E-state index in [0.29, 0.717) is 0 Å². The first-order valence-corrected chi connectivity index (χ1v) is 5.30. The molecule has 0 radical (unpaired) electrons. The average molecular weight is 168 g/mol. The average Bonchev–Trinajstić information content (AvgIpc) is 2.84. The van der Waals surface area contributed by atoms with Crippen LogP contribution in [0, 0.1) is 0 Å². The van der Waals surface area contributed by atoms with Gasteiger partial charge in [0.05, 0.1) is 0 Å². The molecule has 70 valence electrons. The zero-order valence-electron chi connectivity index (χ0n) is 7.89. The van der Waals surface area contributed by atoms with E-state index in [1.165, 1.54) is 58.2 Å². The van der Waals surface area contributed by atoms with E-state index in [9.17, 15) is 0 Å². The zero-order chi connectivity index (χ0) is 8.44. The van der Waals surface area contributed by atoms with Crippen molar-refractivity contribution in [2.75, 3.05) is 19.6 Å². The van der Waals surface area contributed by atoms with E-state index in [4.69, 9.17) is 5.73 Å². The minimum atomic E-state index is 0.261. The smallest absolute Gasteiger partial charge is 0.0167 e. The van der Waals surface area contributed by atoms with Crippen molar-refractivity contribution < 1.29 is 0 Å². The fourth-order valence-corrected chi connectivity index (χ4v) is 1.97. The van der Waals surface area contributed by atoms with Gasteiger partial charge in [-0.25, -0.2) is 0 Å². The highest BCUT2D eigenvalue weighted by molar-refractivity contribution is 4.98. The van der Waals surface area contributed by atoms with Crippen LogP contribution in [0.25, 0.3) is 0 Å². The fourth-order valence-electron chi connectivity index (χ4n) is 1.97. The van der Waals surface area contributed by atoms with Gasteiger partial charge in [0.15, 0.2) is 0 Å². The van der Waals surface area contributed by atoms with Gasteiger partial charge in [0, 0.05) is 5.54 Å². The Morgan fingerprint density at radius 1 is 1.08 bits per heavy atom. The summed E-state index contributed by atoms with van der Waals surface area (Å²) in [7, 11) is 0. The second kappa shape index (κ2) is 3.35. The molecule has 0 amide bonds. The van der Waals surface area contributed by atoms with Crippen LogP contribution >= 0.6 is 0 Å². The van der Waals surface area contributed by atoms with Crippen LogP contribution in [0.2, 0.25) is 0 Å². The first-order valence-electron chi connectivity index (χ1n) is 5.30. The lowest BCUT2D eigenvalue weighted by atomic mass is 10.1. The lowest BCUT2D eigenvalue weighted by molar-refractivity contribution is 0.219. The van der Waals surface area contributed by atoms with E-state index in [-0.39, 0.29) is 5.54 Å². The van der Waals surface area contributed by atoms with Crippen LogP contribution in [0.4, 0.5) is 0 Å². The number of hydrogen-bond donors (Lipinski definition) is 1. The molecular formula is C10H20N2. The standard InChI is InChI=1S/C10H20N2/c11-10(4-5-10)6-9-12-7-2-1-3-8-12/h1-9,11H2. The van der Waals surface area contributed by atoms with Crippen LogP contribution in [0.15, 0.2) is 0 Å². The van der Waals surface area contributed by atoms with Crippen molar-refractivity contribution in [1.29, 1.82) is 0 Å². The highest BCUT2D eigenvalue weighted by Gasteiger charge is 2.37. The molecule has 1 saturated heterocycles. The molecule has 0 aromatic carbocycles. The molecule has 2 N–H and O–H groups in total. The Balaban J connectivity index is 1.65. The second-order valence-electron chi connectivity index (χ2n) is 4.51. The molecule has 1 aliphatic heterocycles. The second-order valence-corrected chi connectivity index (χ2v) is 4.51. The molecule has 1 heterocycles. The van der Waals surface area contributed by atoms with Crippen LogP contribution in [0.5, 0.6) is 0 Å². The third-order valence-corrected chi connectivity index (χ3v) is 3.27. The van der Waals surface area contributed by atoms with Crippen molar-refractivity contribution in [1.82, 2.24) is 4.90 Å². The normalized spacial score (nSPS) is 28.8. The van der Waals surface area contributed by atoms with Gasteiger partial charge in [0.25, 0.3) is 0 Å². The summed E-state index contributed by atoms with van der Waals surface area (Å²) in [5.41, 5.74) is 6.30. The molecule has 2 fully saturated rings. The van der Waals surface area contributed by atoms with Gasteiger partial charge in [-0.15, -0.1) is 0 Å². The van der Waals surface area contributed by atoms with Crippen LogP contribution in [0.3, 0.4) is 0 Å². The van der Waals surface area contributed by atoms with E-state index in [0.717, 1.165) is 0 Å². The van der Waals surface area contributed by atoms with Gasteiger partial charge in [0.2, 0.25) is 0 Å². The molecule has 0 aromatic rings. The Morgan fingerprint density at radius 2 is 1.75 bits per heavy atom. The zero-order valence-corrected chi connectivity index (χ0v) is 7.89. The molecule has 2 rings (SSSR count). The highest BCUT2D eigenvalue weighted by atomic mass is 15.1. The van der Waals surface area contributed by atoms with E-state index >= 15 is 0 Å². The quantitative estimate of drug-likeness (QED) is 0.689. The number of likely N-dealkylation sites (tertiary alicyclic amines) is 1. The molecule has 1 aliphatic carbocycles. The summed E-state index contributed by atoms with van der Waals surface area (Å²) in [6.45, 7) is 3.88. The van der Waals surface area contributed by atoms with Crippen molar-refractivity contribution in [3.8, 4) is 0 Å². The minimum absolute atomic E-state index is 0.261. The molecular weight excluding hydrogens is 148 g/mol. The summed E-state index contributed by atoms with van der Waals surface area (Å²) in [6.07, 6.45) is 7.99. The predicted molar refractivity (Wildman–Crippen MR) is 51.1 cm³/mol. The number of nitrogens with two attached hydrogens (primary N) is 1. The molecule has 0 unspecified atom stereocenters. The molecule has 0 atom stereocenters. The van der Waals surface area contributed by atoms with Crippen molar-refractivity contribution in [3.05, 3.63) is 0 Å². The maximum absolute atomic E-state index is 6.04. The molecule has 0 spiro atoms. The number of rotatable bonds is 3. The largest absolute Gasteiger partial charge is 0.325 e. The number of hydrogen-bond acceptors (Lipinski definition) is 2. The summed E-state index contributed by atoms with van der Waals surface area (Å²) in [5.74, 6) is 0. The molecule has 2 aliphatic rings. The monoisotopic (exact) mass is 168 g/mol. The molecule has 12 heavy (non-hydrogen) atoms. The topological polar surface area (TPSA) is 29.3 Å². The van der Waals surface area contributed by atoms with Crippen molar-refractivity contribution >= 4 is 0 Å². The van der Waals surface area contributed by atoms with Gasteiger partial charge in [-0.2, -0.15) is 0 Å². The Bertz CT molecular complexity index is 146. The summed E-state index contributed by atoms with van der Waals surface area (Å²) in [4.78, 5) is 2.58. The van der Waals surface area contributed by atoms with Gasteiger partial charge < -0.3 is 10.6 Å². The Labute approximate surface area is 75.1 Å². The van der Waals surface area contributed by atoms with Crippen LogP contribution in [-0.4, -0.2) is 30.1 Å². The van der Waals surface area contributed by atoms with E-state index < -0.39 is 0 Å². The lowest BCUT2D eigenvalue weighted by Gasteiger charge is -2.27. The van der Waals surface area contributed by atoms with Gasteiger partial charge in [-0.05, 0) is 51.7 Å². The molecule has 1 saturated carbocycles. The van der Waals surface area contributed by atoms with Crippen molar-refractivity contribution in [2.24, 2.45) is 5.73 Å². The third-order valence-electron chi connectivity index (χ3n) is 3.27. The fraction of sp³-hybridized carbons (Fsp3) is 1.00. The summed E-state index contributed by atoms with van der Waals surface area (Å²) < 4.78 is 0. The lowest BCUT2D eigenvalue weighted by Crippen LogP contribution is -2.35. The molecule has 0 bridgehead atoms. The SMILES string of the molecule is NC1(CCN2CCCCC2)CC1. The van der Waals surface area contributed by atoms with Crippen LogP contribution < -0.4 is 5.73 Å². The first-order chi connectivity index (χ1) is 5.79. The Hall–Kier alpha value is -0.0800. The van der Waals surface area contributed by atoms with Crippen molar-refractivity contribution in [2.45, 2.75) is 44.1 Å². The summed E-state index contributed by atoms with van der Waals surface area (Å²) in [6, 6.07) is 0. The van der Waals surface area contributed by atoms with E-state index in [1.54, 1.807) is 0 Å². The maximum atomic E-state index is 6.04. The van der Waals surface area contributed by atoms with Crippen molar-refractivity contribution in [3.63, 3.8) is 0 Å². The predicted octanol–water partition coefficient (Wildman–Crippen LogP) is 1.35.